The molecule has 6 heteroatoms. The summed E-state index contributed by atoms with van der Waals surface area (Å²) in [6.07, 6.45) is 0. The summed E-state index contributed by atoms with van der Waals surface area (Å²) in [4.78, 5) is 30.3. The predicted molar refractivity (Wildman–Crippen MR) is 83.0 cm³/mol. The van der Waals surface area contributed by atoms with Crippen molar-refractivity contribution < 1.29 is 9.59 Å². The molecule has 3 N–H and O–H groups in total. The Morgan fingerprint density at radius 3 is 2.57 bits per heavy atom. The number of H-pyrrole nitrogens is 1. The molecular weight excluding hydrogens is 268 g/mol. The number of aromatic nitrogens is 1. The number of rotatable bonds is 4. The van der Waals surface area contributed by atoms with E-state index in [2.05, 4.69) is 4.98 Å². The fourth-order valence-electron chi connectivity index (χ4n) is 2.07. The molecule has 1 heterocycles. The molecule has 1 aromatic carbocycles. The molecule has 1 aromatic heterocycles. The highest BCUT2D eigenvalue weighted by Gasteiger charge is 2.19. The second kappa shape index (κ2) is 5.87. The molecule has 6 nitrogen and oxygen atoms in total. The average Bonchev–Trinajstić information content (AvgIpc) is 2.86. The lowest BCUT2D eigenvalue weighted by Crippen LogP contribution is -2.40. The number of nitrogen functional groups attached to an aromatic ring is 1. The van der Waals surface area contributed by atoms with E-state index in [9.17, 15) is 9.59 Å². The van der Waals surface area contributed by atoms with Crippen LogP contribution in [0.15, 0.2) is 24.3 Å². The Kier molecular flexibility index (Phi) is 4.16. The van der Waals surface area contributed by atoms with Crippen LogP contribution in [0.3, 0.4) is 0 Å². The summed E-state index contributed by atoms with van der Waals surface area (Å²) in [5.41, 5.74) is 7.70. The zero-order valence-corrected chi connectivity index (χ0v) is 12.5. The lowest BCUT2D eigenvalue weighted by atomic mass is 10.2. The summed E-state index contributed by atoms with van der Waals surface area (Å²) in [7, 11) is 3.35. The molecule has 2 rings (SSSR count). The summed E-state index contributed by atoms with van der Waals surface area (Å²) < 4.78 is 0. The number of hydrogen-bond donors (Lipinski definition) is 2. The fraction of sp³-hybridized carbons (Fsp3) is 0.333. The van der Waals surface area contributed by atoms with Crippen LogP contribution in [0.1, 0.15) is 17.4 Å². The summed E-state index contributed by atoms with van der Waals surface area (Å²) >= 11 is 0. The largest absolute Gasteiger partial charge is 0.399 e. The summed E-state index contributed by atoms with van der Waals surface area (Å²) in [6.45, 7) is 2.39. The third-order valence-electron chi connectivity index (χ3n) is 3.37. The molecule has 0 aliphatic heterocycles. The topological polar surface area (TPSA) is 82.4 Å². The van der Waals surface area contributed by atoms with Crippen molar-refractivity contribution in [3.8, 4) is 0 Å². The minimum atomic E-state index is -0.192. The number of amides is 2. The molecule has 0 saturated heterocycles. The maximum Gasteiger partial charge on any atom is 0.270 e. The molecule has 2 aromatic rings. The number of hydrogen-bond acceptors (Lipinski definition) is 3. The molecule has 0 aliphatic rings. The molecule has 0 unspecified atom stereocenters. The predicted octanol–water partition coefficient (Wildman–Crippen LogP) is 1.30. The van der Waals surface area contributed by atoms with Gasteiger partial charge in [0, 0.05) is 37.2 Å². The molecule has 112 valence electrons. The minimum Gasteiger partial charge on any atom is -0.399 e. The van der Waals surface area contributed by atoms with Gasteiger partial charge in [-0.2, -0.15) is 0 Å². The Balaban J connectivity index is 2.25. The Hall–Kier alpha value is -2.50. The minimum absolute atomic E-state index is 0.0693. The van der Waals surface area contributed by atoms with E-state index in [0.29, 0.717) is 17.9 Å². The monoisotopic (exact) mass is 288 g/mol. The number of nitrogens with two attached hydrogens (primary N) is 1. The van der Waals surface area contributed by atoms with Gasteiger partial charge in [-0.1, -0.05) is 0 Å². The fourth-order valence-corrected chi connectivity index (χ4v) is 2.07. The van der Waals surface area contributed by atoms with E-state index in [1.165, 1.54) is 9.80 Å². The van der Waals surface area contributed by atoms with Gasteiger partial charge in [0.1, 0.15) is 12.2 Å². The first-order chi connectivity index (χ1) is 9.92. The molecule has 0 spiro atoms. The number of likely N-dealkylation sites (N-methyl/N-ethyl adjacent to an activating group) is 2. The van der Waals surface area contributed by atoms with Crippen LogP contribution in [0.4, 0.5) is 5.69 Å². The van der Waals surface area contributed by atoms with E-state index in [0.717, 1.165) is 10.9 Å². The van der Waals surface area contributed by atoms with E-state index in [1.54, 1.807) is 26.2 Å². The SMILES string of the molecule is CCN(CC(=O)N(C)C)C(=O)c1cc2cc(N)ccc2[nH]1. The number of carbonyl (C=O) groups excluding carboxylic acids is 2. The third-order valence-corrected chi connectivity index (χ3v) is 3.37. The van der Waals surface area contributed by atoms with Gasteiger partial charge in [0.2, 0.25) is 5.91 Å². The van der Waals surface area contributed by atoms with Crippen molar-refractivity contribution in [3.05, 3.63) is 30.0 Å². The number of fused-ring (bicyclic) bond motifs is 1. The molecular formula is C15H20N4O2. The number of benzene rings is 1. The third kappa shape index (κ3) is 3.16. The Morgan fingerprint density at radius 2 is 1.95 bits per heavy atom. The van der Waals surface area contributed by atoms with Gasteiger partial charge in [-0.15, -0.1) is 0 Å². The molecule has 2 amide bonds. The van der Waals surface area contributed by atoms with Crippen molar-refractivity contribution in [2.75, 3.05) is 32.9 Å². The molecule has 0 aliphatic carbocycles. The highest BCUT2D eigenvalue weighted by atomic mass is 16.2. The van der Waals surface area contributed by atoms with Gasteiger partial charge >= 0.3 is 0 Å². The van der Waals surface area contributed by atoms with Crippen molar-refractivity contribution in [1.29, 1.82) is 0 Å². The van der Waals surface area contributed by atoms with Crippen LogP contribution in [-0.2, 0) is 4.79 Å². The van der Waals surface area contributed by atoms with Crippen LogP contribution in [0, 0.1) is 0 Å². The zero-order valence-electron chi connectivity index (χ0n) is 12.5. The van der Waals surface area contributed by atoms with Gasteiger partial charge < -0.3 is 20.5 Å². The van der Waals surface area contributed by atoms with Gasteiger partial charge in [0.05, 0.1) is 0 Å². The van der Waals surface area contributed by atoms with Crippen LogP contribution >= 0.6 is 0 Å². The second-order valence-corrected chi connectivity index (χ2v) is 5.14. The smallest absolute Gasteiger partial charge is 0.270 e. The van der Waals surface area contributed by atoms with E-state index in [4.69, 9.17) is 5.73 Å². The molecule has 0 saturated carbocycles. The maximum atomic E-state index is 12.5. The Labute approximate surface area is 123 Å². The summed E-state index contributed by atoms with van der Waals surface area (Å²) in [5, 5.41) is 0.883. The maximum absolute atomic E-state index is 12.5. The number of aromatic amines is 1. The molecule has 0 bridgehead atoms. The number of nitrogens with one attached hydrogen (secondary N) is 1. The highest BCUT2D eigenvalue weighted by Crippen LogP contribution is 2.19. The number of carbonyl (C=O) groups is 2. The molecule has 0 atom stereocenters. The lowest BCUT2D eigenvalue weighted by Gasteiger charge is -2.21. The van der Waals surface area contributed by atoms with Gasteiger partial charge in [0.15, 0.2) is 0 Å². The second-order valence-electron chi connectivity index (χ2n) is 5.14. The van der Waals surface area contributed by atoms with E-state index in [1.807, 2.05) is 19.1 Å². The van der Waals surface area contributed by atoms with Crippen LogP contribution in [0.5, 0.6) is 0 Å². The van der Waals surface area contributed by atoms with Gasteiger partial charge in [-0.05, 0) is 31.2 Å². The number of nitrogens with zero attached hydrogens (tertiary/aromatic N) is 2. The molecule has 0 fully saturated rings. The Morgan fingerprint density at radius 1 is 1.24 bits per heavy atom. The Bertz CT molecular complexity index is 675. The molecule has 0 radical (unpaired) electrons. The van der Waals surface area contributed by atoms with E-state index < -0.39 is 0 Å². The van der Waals surface area contributed by atoms with Crippen molar-refractivity contribution in [2.45, 2.75) is 6.92 Å². The van der Waals surface area contributed by atoms with Gasteiger partial charge in [-0.25, -0.2) is 0 Å². The van der Waals surface area contributed by atoms with Crippen molar-refractivity contribution in [3.63, 3.8) is 0 Å². The first kappa shape index (κ1) is 14.9. The normalized spacial score (nSPS) is 10.6. The van der Waals surface area contributed by atoms with Crippen LogP contribution in [0.25, 0.3) is 10.9 Å². The standard InChI is InChI=1S/C15H20N4O2/c1-4-19(9-14(20)18(2)3)15(21)13-8-10-7-11(16)5-6-12(10)17-13/h5-8,17H,4,9,16H2,1-3H3. The zero-order chi connectivity index (χ0) is 15.6. The van der Waals surface area contributed by atoms with Crippen LogP contribution in [-0.4, -0.2) is 53.8 Å². The molecule has 21 heavy (non-hydrogen) atoms. The van der Waals surface area contributed by atoms with Gasteiger partial charge in [-0.3, -0.25) is 9.59 Å². The average molecular weight is 288 g/mol. The van der Waals surface area contributed by atoms with Crippen LogP contribution < -0.4 is 5.73 Å². The summed E-state index contributed by atoms with van der Waals surface area (Å²) in [6, 6.07) is 7.18. The first-order valence-electron chi connectivity index (χ1n) is 6.80. The van der Waals surface area contributed by atoms with E-state index >= 15 is 0 Å². The first-order valence-corrected chi connectivity index (χ1v) is 6.80. The van der Waals surface area contributed by atoms with Crippen molar-refractivity contribution in [2.24, 2.45) is 0 Å². The highest BCUT2D eigenvalue weighted by molar-refractivity contribution is 5.99. The summed E-state index contributed by atoms with van der Waals surface area (Å²) in [5.74, 6) is -0.298. The quantitative estimate of drug-likeness (QED) is 0.832. The lowest BCUT2D eigenvalue weighted by molar-refractivity contribution is -0.129. The van der Waals surface area contributed by atoms with Crippen molar-refractivity contribution >= 4 is 28.4 Å². The van der Waals surface area contributed by atoms with Crippen molar-refractivity contribution in [1.82, 2.24) is 14.8 Å². The van der Waals surface area contributed by atoms with Crippen LogP contribution in [0.2, 0.25) is 0 Å². The number of anilines is 1. The van der Waals surface area contributed by atoms with E-state index in [-0.39, 0.29) is 18.4 Å². The van der Waals surface area contributed by atoms with Gasteiger partial charge in [0.25, 0.3) is 5.91 Å².